The Labute approximate surface area is 187 Å². The smallest absolute Gasteiger partial charge is 0.333 e. The molecular formula is C25H38N2O4. The maximum Gasteiger partial charge on any atom is 0.333 e. The fourth-order valence-electron chi connectivity index (χ4n) is 3.39. The number of esters is 1. The highest BCUT2D eigenvalue weighted by molar-refractivity contribution is 5.89. The van der Waals surface area contributed by atoms with Gasteiger partial charge in [0.2, 0.25) is 11.8 Å². The van der Waals surface area contributed by atoms with E-state index in [1.807, 2.05) is 58.0 Å². The van der Waals surface area contributed by atoms with Crippen LogP contribution in [0.3, 0.4) is 0 Å². The van der Waals surface area contributed by atoms with E-state index < -0.39 is 5.41 Å². The Balaban J connectivity index is 2.82. The van der Waals surface area contributed by atoms with Crippen LogP contribution in [0.25, 0.3) is 0 Å². The fourth-order valence-corrected chi connectivity index (χ4v) is 3.39. The van der Waals surface area contributed by atoms with Crippen LogP contribution in [0.4, 0.5) is 0 Å². The van der Waals surface area contributed by atoms with Gasteiger partial charge < -0.3 is 15.0 Å². The van der Waals surface area contributed by atoms with Gasteiger partial charge in [-0.05, 0) is 38.2 Å². The van der Waals surface area contributed by atoms with Gasteiger partial charge in [0.05, 0.1) is 24.6 Å². The van der Waals surface area contributed by atoms with Gasteiger partial charge in [0.1, 0.15) is 0 Å². The van der Waals surface area contributed by atoms with Gasteiger partial charge in [0, 0.05) is 12.6 Å². The summed E-state index contributed by atoms with van der Waals surface area (Å²) in [5, 5.41) is 2.82. The Morgan fingerprint density at radius 3 is 2.29 bits per heavy atom. The van der Waals surface area contributed by atoms with E-state index >= 15 is 0 Å². The molecule has 172 valence electrons. The van der Waals surface area contributed by atoms with Gasteiger partial charge in [-0.1, -0.05) is 64.1 Å². The summed E-state index contributed by atoms with van der Waals surface area (Å²) in [7, 11) is 1.69. The number of ether oxygens (including phenoxy) is 1. The molecule has 0 radical (unpaired) electrons. The molecule has 0 spiro atoms. The standard InChI is InChI=1S/C25H38N2O4/c1-8-25(6,16-20-13-11-10-12-14-20)24(30)26-17-22(28)27(7)21(18(3)4)15-19(5)23(29)31-9-2/h10-15,18,21H,8-9,16-17H2,1-7H3,(H,26,30)/b19-15+/t21-,25?/m1/s1. The van der Waals surface area contributed by atoms with Crippen LogP contribution in [0.15, 0.2) is 42.0 Å². The first-order chi connectivity index (χ1) is 14.6. The van der Waals surface area contributed by atoms with Gasteiger partial charge in [-0.2, -0.15) is 0 Å². The Hall–Kier alpha value is -2.63. The van der Waals surface area contributed by atoms with E-state index in [0.717, 1.165) is 5.56 Å². The first-order valence-corrected chi connectivity index (χ1v) is 11.0. The molecule has 6 heteroatoms. The molecule has 1 aromatic carbocycles. The summed E-state index contributed by atoms with van der Waals surface area (Å²) in [5.74, 6) is -0.645. The number of nitrogens with one attached hydrogen (secondary N) is 1. The fraction of sp³-hybridized carbons (Fsp3) is 0.560. The van der Waals surface area contributed by atoms with Crippen LogP contribution in [-0.2, 0) is 25.5 Å². The van der Waals surface area contributed by atoms with Crippen molar-refractivity contribution in [3.63, 3.8) is 0 Å². The van der Waals surface area contributed by atoms with Crippen molar-refractivity contribution >= 4 is 17.8 Å². The highest BCUT2D eigenvalue weighted by Crippen LogP contribution is 2.27. The molecule has 31 heavy (non-hydrogen) atoms. The second-order valence-electron chi connectivity index (χ2n) is 8.57. The van der Waals surface area contributed by atoms with Gasteiger partial charge >= 0.3 is 5.97 Å². The van der Waals surface area contributed by atoms with Crippen LogP contribution < -0.4 is 5.32 Å². The van der Waals surface area contributed by atoms with Gasteiger partial charge in [0.25, 0.3) is 0 Å². The summed E-state index contributed by atoms with van der Waals surface area (Å²) in [4.78, 5) is 39.3. The molecule has 6 nitrogen and oxygen atoms in total. The molecule has 0 aromatic heterocycles. The summed E-state index contributed by atoms with van der Waals surface area (Å²) < 4.78 is 5.03. The molecule has 1 N–H and O–H groups in total. The van der Waals surface area contributed by atoms with Crippen molar-refractivity contribution in [1.82, 2.24) is 10.2 Å². The summed E-state index contributed by atoms with van der Waals surface area (Å²) in [6.07, 6.45) is 3.03. The lowest BCUT2D eigenvalue weighted by Gasteiger charge is -2.31. The molecule has 2 amide bonds. The monoisotopic (exact) mass is 430 g/mol. The number of benzene rings is 1. The van der Waals surface area contributed by atoms with E-state index in [2.05, 4.69) is 5.32 Å². The molecule has 0 saturated carbocycles. The van der Waals surface area contributed by atoms with Crippen molar-refractivity contribution < 1.29 is 19.1 Å². The molecule has 0 heterocycles. The van der Waals surface area contributed by atoms with E-state index in [1.165, 1.54) is 0 Å². The zero-order valence-corrected chi connectivity index (χ0v) is 20.0. The second-order valence-corrected chi connectivity index (χ2v) is 8.57. The number of carbonyl (C=O) groups excluding carboxylic acids is 3. The third-order valence-electron chi connectivity index (χ3n) is 5.71. The topological polar surface area (TPSA) is 75.7 Å². The van der Waals surface area contributed by atoms with E-state index in [9.17, 15) is 14.4 Å². The molecule has 0 saturated heterocycles. The van der Waals surface area contributed by atoms with Gasteiger partial charge in [0.15, 0.2) is 0 Å². The van der Waals surface area contributed by atoms with Crippen LogP contribution in [0.5, 0.6) is 0 Å². The van der Waals surface area contributed by atoms with Crippen molar-refractivity contribution in [2.75, 3.05) is 20.2 Å². The molecule has 0 aliphatic heterocycles. The molecule has 2 atom stereocenters. The zero-order chi connectivity index (χ0) is 23.6. The van der Waals surface area contributed by atoms with E-state index in [-0.39, 0.29) is 36.3 Å². The SMILES string of the molecule is CCOC(=O)/C(C)=C/[C@H](C(C)C)N(C)C(=O)CNC(=O)C(C)(CC)Cc1ccccc1. The van der Waals surface area contributed by atoms with E-state index in [1.54, 1.807) is 31.9 Å². The molecular weight excluding hydrogens is 392 g/mol. The number of rotatable bonds is 11. The number of likely N-dealkylation sites (N-methyl/N-ethyl adjacent to an activating group) is 1. The number of hydrogen-bond donors (Lipinski definition) is 1. The molecule has 0 fully saturated rings. The minimum atomic E-state index is -0.599. The Kier molecular flexibility index (Phi) is 10.5. The van der Waals surface area contributed by atoms with Crippen LogP contribution in [0, 0.1) is 11.3 Å². The summed E-state index contributed by atoms with van der Waals surface area (Å²) in [6, 6.07) is 9.59. The first kappa shape index (κ1) is 26.4. The molecule has 0 aliphatic carbocycles. The molecule has 0 bridgehead atoms. The van der Waals surface area contributed by atoms with Crippen LogP contribution in [0.2, 0.25) is 0 Å². The van der Waals surface area contributed by atoms with Gasteiger partial charge in [-0.15, -0.1) is 0 Å². The summed E-state index contributed by atoms with van der Waals surface area (Å²) >= 11 is 0. The van der Waals surface area contributed by atoms with Crippen LogP contribution >= 0.6 is 0 Å². The normalized spacial score (nSPS) is 14.5. The minimum Gasteiger partial charge on any atom is -0.463 e. The lowest BCUT2D eigenvalue weighted by molar-refractivity contribution is -0.138. The van der Waals surface area contributed by atoms with Crippen molar-refractivity contribution in [2.45, 2.75) is 60.4 Å². The molecule has 1 unspecified atom stereocenters. The maximum absolute atomic E-state index is 12.9. The third-order valence-corrected chi connectivity index (χ3v) is 5.71. The number of carbonyl (C=O) groups is 3. The largest absolute Gasteiger partial charge is 0.463 e. The number of hydrogen-bond acceptors (Lipinski definition) is 4. The van der Waals surface area contributed by atoms with Crippen molar-refractivity contribution in [3.8, 4) is 0 Å². The lowest BCUT2D eigenvalue weighted by Crippen LogP contribution is -2.48. The third kappa shape index (κ3) is 7.85. The van der Waals surface area contributed by atoms with Crippen LogP contribution in [0.1, 0.15) is 53.5 Å². The quantitative estimate of drug-likeness (QED) is 0.428. The van der Waals surface area contributed by atoms with Crippen molar-refractivity contribution in [2.24, 2.45) is 11.3 Å². The minimum absolute atomic E-state index is 0.0881. The number of nitrogens with zero attached hydrogens (tertiary/aromatic N) is 1. The average Bonchev–Trinajstić information content (AvgIpc) is 2.75. The average molecular weight is 431 g/mol. The van der Waals surface area contributed by atoms with Gasteiger partial charge in [-0.3, -0.25) is 9.59 Å². The molecule has 1 aromatic rings. The van der Waals surface area contributed by atoms with Crippen molar-refractivity contribution in [1.29, 1.82) is 0 Å². The molecule has 0 aliphatic rings. The van der Waals surface area contributed by atoms with Gasteiger partial charge in [-0.25, -0.2) is 4.79 Å². The predicted octanol–water partition coefficient (Wildman–Crippen LogP) is 3.75. The molecule has 1 rings (SSSR count). The zero-order valence-electron chi connectivity index (χ0n) is 20.0. The maximum atomic E-state index is 12.9. The predicted molar refractivity (Wildman–Crippen MR) is 123 cm³/mol. The summed E-state index contributed by atoms with van der Waals surface area (Å²) in [5.41, 5.74) is 0.952. The first-order valence-electron chi connectivity index (χ1n) is 11.0. The Morgan fingerprint density at radius 1 is 1.16 bits per heavy atom. The highest BCUT2D eigenvalue weighted by atomic mass is 16.5. The van der Waals surface area contributed by atoms with E-state index in [0.29, 0.717) is 25.0 Å². The van der Waals surface area contributed by atoms with Crippen LogP contribution in [-0.4, -0.2) is 48.9 Å². The Bertz CT molecular complexity index is 773. The second kappa shape index (κ2) is 12.3. The Morgan fingerprint density at radius 2 is 1.77 bits per heavy atom. The van der Waals surface area contributed by atoms with E-state index in [4.69, 9.17) is 4.74 Å². The highest BCUT2D eigenvalue weighted by Gasteiger charge is 2.32. The number of amides is 2. The summed E-state index contributed by atoms with van der Waals surface area (Å²) in [6.45, 7) is 11.5. The lowest BCUT2D eigenvalue weighted by atomic mass is 9.80. The van der Waals surface area contributed by atoms with Crippen molar-refractivity contribution in [3.05, 3.63) is 47.5 Å².